The van der Waals surface area contributed by atoms with E-state index in [0.717, 1.165) is 18.0 Å². The molecule has 0 bridgehead atoms. The maximum Gasteiger partial charge on any atom is 0.0947 e. The molecule has 1 saturated heterocycles. The summed E-state index contributed by atoms with van der Waals surface area (Å²) in [6, 6.07) is 10.9. The molecule has 20 heavy (non-hydrogen) atoms. The minimum absolute atomic E-state index is 0.208. The Bertz CT molecular complexity index is 403. The Kier molecular flexibility index (Phi) is 5.22. The Labute approximate surface area is 123 Å². The van der Waals surface area contributed by atoms with Crippen molar-refractivity contribution >= 4 is 0 Å². The first kappa shape index (κ1) is 15.5. The fourth-order valence-electron chi connectivity index (χ4n) is 3.64. The van der Waals surface area contributed by atoms with Crippen molar-refractivity contribution in [2.45, 2.75) is 58.7 Å². The van der Waals surface area contributed by atoms with Crippen LogP contribution in [0.15, 0.2) is 30.3 Å². The Balaban J connectivity index is 2.19. The first-order valence-corrected chi connectivity index (χ1v) is 7.99. The summed E-state index contributed by atoms with van der Waals surface area (Å²) in [5.41, 5.74) is 1.04. The second kappa shape index (κ2) is 6.73. The third-order valence-corrected chi connectivity index (χ3v) is 4.72. The first-order valence-electron chi connectivity index (χ1n) is 7.99. The van der Waals surface area contributed by atoms with Crippen LogP contribution in [0.1, 0.15) is 52.2 Å². The number of aliphatic hydroxyl groups excluding tert-OH is 1. The highest BCUT2D eigenvalue weighted by Gasteiger charge is 2.35. The van der Waals surface area contributed by atoms with Crippen LogP contribution >= 0.6 is 0 Å². The highest BCUT2D eigenvalue weighted by atomic mass is 16.3. The van der Waals surface area contributed by atoms with Gasteiger partial charge in [-0.05, 0) is 43.7 Å². The fourth-order valence-corrected chi connectivity index (χ4v) is 3.64. The van der Waals surface area contributed by atoms with Crippen molar-refractivity contribution in [1.29, 1.82) is 0 Å². The predicted octanol–water partition coefficient (Wildman–Crippen LogP) is 3.87. The van der Waals surface area contributed by atoms with E-state index < -0.39 is 6.10 Å². The van der Waals surface area contributed by atoms with Gasteiger partial charge in [-0.2, -0.15) is 0 Å². The lowest BCUT2D eigenvalue weighted by Gasteiger charge is -2.45. The van der Waals surface area contributed by atoms with Gasteiger partial charge in [-0.25, -0.2) is 0 Å². The van der Waals surface area contributed by atoms with E-state index >= 15 is 0 Å². The molecular weight excluding hydrogens is 246 g/mol. The molecule has 1 N–H and O–H groups in total. The zero-order valence-corrected chi connectivity index (χ0v) is 13.3. The van der Waals surface area contributed by atoms with E-state index in [9.17, 15) is 5.11 Å². The Morgan fingerprint density at radius 1 is 1.15 bits per heavy atom. The van der Waals surface area contributed by atoms with Crippen LogP contribution in [0.3, 0.4) is 0 Å². The molecule has 1 aliphatic heterocycles. The summed E-state index contributed by atoms with van der Waals surface area (Å²) < 4.78 is 0. The average molecular weight is 275 g/mol. The van der Waals surface area contributed by atoms with Gasteiger partial charge in [-0.15, -0.1) is 0 Å². The molecule has 2 heteroatoms. The van der Waals surface area contributed by atoms with Crippen molar-refractivity contribution in [2.75, 3.05) is 6.54 Å². The molecule has 1 aromatic rings. The molecule has 0 aromatic heterocycles. The van der Waals surface area contributed by atoms with Crippen molar-refractivity contribution < 1.29 is 5.11 Å². The van der Waals surface area contributed by atoms with Gasteiger partial charge in [0.1, 0.15) is 0 Å². The summed E-state index contributed by atoms with van der Waals surface area (Å²) in [6.45, 7) is 10.2. The molecule has 112 valence electrons. The molecule has 0 spiro atoms. The van der Waals surface area contributed by atoms with Gasteiger partial charge >= 0.3 is 0 Å². The number of aliphatic hydroxyl groups is 1. The lowest BCUT2D eigenvalue weighted by molar-refractivity contribution is -0.0197. The van der Waals surface area contributed by atoms with Gasteiger partial charge in [0.05, 0.1) is 6.10 Å². The molecule has 4 atom stereocenters. The SMILES string of the molecule is CC1CCN(C(C(C)C)C(O)c2ccccc2)C(C)C1. The van der Waals surface area contributed by atoms with Crippen molar-refractivity contribution in [3.63, 3.8) is 0 Å². The van der Waals surface area contributed by atoms with E-state index in [1.165, 1.54) is 12.8 Å². The van der Waals surface area contributed by atoms with Gasteiger partial charge in [0.25, 0.3) is 0 Å². The summed E-state index contributed by atoms with van der Waals surface area (Å²) >= 11 is 0. The quantitative estimate of drug-likeness (QED) is 0.902. The molecule has 0 amide bonds. The number of likely N-dealkylation sites (tertiary alicyclic amines) is 1. The van der Waals surface area contributed by atoms with Crippen molar-refractivity contribution in [3.8, 4) is 0 Å². The molecular formula is C18H29NO. The second-order valence-electron chi connectivity index (χ2n) is 6.81. The van der Waals surface area contributed by atoms with Crippen LogP contribution in [-0.2, 0) is 0 Å². The molecule has 1 fully saturated rings. The van der Waals surface area contributed by atoms with E-state index in [1.807, 2.05) is 30.3 Å². The smallest absolute Gasteiger partial charge is 0.0947 e. The van der Waals surface area contributed by atoms with Crippen molar-refractivity contribution in [1.82, 2.24) is 4.90 Å². The van der Waals surface area contributed by atoms with E-state index in [-0.39, 0.29) is 6.04 Å². The first-order chi connectivity index (χ1) is 9.50. The number of nitrogens with zero attached hydrogens (tertiary/aromatic N) is 1. The van der Waals surface area contributed by atoms with Crippen LogP contribution in [0.5, 0.6) is 0 Å². The third-order valence-electron chi connectivity index (χ3n) is 4.72. The minimum atomic E-state index is -0.396. The number of rotatable bonds is 4. The topological polar surface area (TPSA) is 23.5 Å². The molecule has 1 aromatic carbocycles. The van der Waals surface area contributed by atoms with Gasteiger partial charge in [0, 0.05) is 12.1 Å². The van der Waals surface area contributed by atoms with Crippen LogP contribution < -0.4 is 0 Å². The van der Waals surface area contributed by atoms with Crippen molar-refractivity contribution in [2.24, 2.45) is 11.8 Å². The highest BCUT2D eigenvalue weighted by Crippen LogP contribution is 2.32. The Morgan fingerprint density at radius 2 is 1.80 bits per heavy atom. The third kappa shape index (κ3) is 3.42. The normalized spacial score (nSPS) is 27.5. The second-order valence-corrected chi connectivity index (χ2v) is 6.81. The van der Waals surface area contributed by atoms with Gasteiger partial charge in [0.15, 0.2) is 0 Å². The lowest BCUT2D eigenvalue weighted by atomic mass is 9.86. The molecule has 0 radical (unpaired) electrons. The van der Waals surface area contributed by atoms with Crippen LogP contribution in [-0.4, -0.2) is 28.6 Å². The lowest BCUT2D eigenvalue weighted by Crippen LogP contribution is -2.51. The van der Waals surface area contributed by atoms with Crippen molar-refractivity contribution in [3.05, 3.63) is 35.9 Å². The molecule has 2 nitrogen and oxygen atoms in total. The highest BCUT2D eigenvalue weighted by molar-refractivity contribution is 5.19. The van der Waals surface area contributed by atoms with Gasteiger partial charge in [-0.1, -0.05) is 51.1 Å². The van der Waals surface area contributed by atoms with E-state index in [2.05, 4.69) is 32.6 Å². The molecule has 4 unspecified atom stereocenters. The largest absolute Gasteiger partial charge is 0.387 e. The molecule has 0 saturated carbocycles. The monoisotopic (exact) mass is 275 g/mol. The number of benzene rings is 1. The summed E-state index contributed by atoms with van der Waals surface area (Å²) in [7, 11) is 0. The fraction of sp³-hybridized carbons (Fsp3) is 0.667. The average Bonchev–Trinajstić information content (AvgIpc) is 2.42. The maximum absolute atomic E-state index is 10.8. The molecule has 1 heterocycles. The summed E-state index contributed by atoms with van der Waals surface area (Å²) in [6.07, 6.45) is 2.09. The number of hydrogen-bond acceptors (Lipinski definition) is 2. The van der Waals surface area contributed by atoms with Crippen LogP contribution in [0, 0.1) is 11.8 Å². The van der Waals surface area contributed by atoms with Crippen LogP contribution in [0.4, 0.5) is 0 Å². The standard InChI is InChI=1S/C18H29NO/c1-13(2)17(18(20)16-8-6-5-7-9-16)19-11-10-14(3)12-15(19)4/h5-9,13-15,17-18,20H,10-12H2,1-4H3. The van der Waals surface area contributed by atoms with E-state index in [1.54, 1.807) is 0 Å². The maximum atomic E-state index is 10.8. The Hall–Kier alpha value is -0.860. The molecule has 1 aliphatic rings. The van der Waals surface area contributed by atoms with Crippen LogP contribution in [0.2, 0.25) is 0 Å². The van der Waals surface area contributed by atoms with Crippen LogP contribution in [0.25, 0.3) is 0 Å². The molecule has 2 rings (SSSR count). The number of piperidine rings is 1. The van der Waals surface area contributed by atoms with Gasteiger partial charge in [0.2, 0.25) is 0 Å². The number of hydrogen-bond donors (Lipinski definition) is 1. The van der Waals surface area contributed by atoms with Gasteiger partial charge in [-0.3, -0.25) is 4.90 Å². The zero-order valence-electron chi connectivity index (χ0n) is 13.3. The molecule has 0 aliphatic carbocycles. The Morgan fingerprint density at radius 3 is 2.35 bits per heavy atom. The summed E-state index contributed by atoms with van der Waals surface area (Å²) in [5, 5.41) is 10.8. The van der Waals surface area contributed by atoms with E-state index in [4.69, 9.17) is 0 Å². The minimum Gasteiger partial charge on any atom is -0.387 e. The zero-order chi connectivity index (χ0) is 14.7. The van der Waals surface area contributed by atoms with Gasteiger partial charge < -0.3 is 5.11 Å². The summed E-state index contributed by atoms with van der Waals surface area (Å²) in [5.74, 6) is 1.25. The van der Waals surface area contributed by atoms with E-state index in [0.29, 0.717) is 12.0 Å². The summed E-state index contributed by atoms with van der Waals surface area (Å²) in [4.78, 5) is 2.53. The predicted molar refractivity (Wildman–Crippen MR) is 84.6 cm³/mol.